The van der Waals surface area contributed by atoms with Crippen LogP contribution in [0.25, 0.3) is 10.9 Å². The zero-order valence-electron chi connectivity index (χ0n) is 11.0. The Labute approximate surface area is 113 Å². The highest BCUT2D eigenvalue weighted by molar-refractivity contribution is 5.83. The number of aromatic nitrogens is 1. The fourth-order valence-electron chi connectivity index (χ4n) is 2.39. The van der Waals surface area contributed by atoms with Gasteiger partial charge < -0.3 is 9.30 Å². The molecule has 0 fully saturated rings. The van der Waals surface area contributed by atoms with Gasteiger partial charge in [0.05, 0.1) is 13.2 Å². The molecule has 3 aromatic rings. The second-order valence-corrected chi connectivity index (χ2v) is 4.76. The minimum atomic E-state index is 0.649. The summed E-state index contributed by atoms with van der Waals surface area (Å²) >= 11 is 0. The second kappa shape index (κ2) is 5.29. The molecule has 0 unspecified atom stereocenters. The van der Waals surface area contributed by atoms with Crippen molar-refractivity contribution < 1.29 is 4.74 Å². The maximum atomic E-state index is 5.81. The largest absolute Gasteiger partial charge is 0.372 e. The topological polar surface area (TPSA) is 14.2 Å². The van der Waals surface area contributed by atoms with Crippen molar-refractivity contribution in [1.82, 2.24) is 4.57 Å². The van der Waals surface area contributed by atoms with Gasteiger partial charge in [-0.25, -0.2) is 0 Å². The van der Waals surface area contributed by atoms with Crippen molar-refractivity contribution in [3.63, 3.8) is 0 Å². The molecule has 2 aromatic carbocycles. The first-order valence-electron chi connectivity index (χ1n) is 6.49. The lowest BCUT2D eigenvalue weighted by Crippen LogP contribution is -1.93. The van der Waals surface area contributed by atoms with E-state index in [-0.39, 0.29) is 0 Å². The highest BCUT2D eigenvalue weighted by Crippen LogP contribution is 2.21. The fraction of sp³-hybridized carbons (Fsp3) is 0.176. The van der Waals surface area contributed by atoms with E-state index in [1.165, 1.54) is 22.0 Å². The molecular formula is C17H17NO. The van der Waals surface area contributed by atoms with Gasteiger partial charge in [-0.2, -0.15) is 0 Å². The zero-order chi connectivity index (χ0) is 13.1. The van der Waals surface area contributed by atoms with E-state index in [9.17, 15) is 0 Å². The molecule has 2 heteroatoms. The molecule has 0 aliphatic rings. The molecule has 3 rings (SSSR count). The van der Waals surface area contributed by atoms with Crippen molar-refractivity contribution in [2.75, 3.05) is 0 Å². The second-order valence-electron chi connectivity index (χ2n) is 4.76. The summed E-state index contributed by atoms with van der Waals surface area (Å²) in [4.78, 5) is 0. The molecular weight excluding hydrogens is 234 g/mol. The Balaban J connectivity index is 1.72. The molecule has 2 nitrogen and oxygen atoms in total. The van der Waals surface area contributed by atoms with E-state index < -0.39 is 0 Å². The van der Waals surface area contributed by atoms with Gasteiger partial charge in [0.2, 0.25) is 0 Å². The van der Waals surface area contributed by atoms with Crippen LogP contribution in [0.3, 0.4) is 0 Å². The van der Waals surface area contributed by atoms with Gasteiger partial charge in [0, 0.05) is 29.7 Å². The van der Waals surface area contributed by atoms with Crippen LogP contribution in [0.1, 0.15) is 11.1 Å². The highest BCUT2D eigenvalue weighted by Gasteiger charge is 2.05. The molecule has 19 heavy (non-hydrogen) atoms. The first kappa shape index (κ1) is 12.0. The quantitative estimate of drug-likeness (QED) is 0.686. The van der Waals surface area contributed by atoms with Gasteiger partial charge in [0.1, 0.15) is 0 Å². The maximum Gasteiger partial charge on any atom is 0.0742 e. The number of aryl methyl sites for hydroxylation is 1. The molecule has 0 N–H and O–H groups in total. The van der Waals surface area contributed by atoms with Gasteiger partial charge in [-0.3, -0.25) is 0 Å². The molecule has 0 atom stereocenters. The SMILES string of the molecule is Cn1cc(COCc2ccccc2)c2ccccc21. The predicted octanol–water partition coefficient (Wildman–Crippen LogP) is 3.90. The number of para-hydroxylation sites is 1. The van der Waals surface area contributed by atoms with Gasteiger partial charge in [0.25, 0.3) is 0 Å². The van der Waals surface area contributed by atoms with Crippen molar-refractivity contribution in [1.29, 1.82) is 0 Å². The van der Waals surface area contributed by atoms with Gasteiger partial charge >= 0.3 is 0 Å². The van der Waals surface area contributed by atoms with E-state index in [4.69, 9.17) is 4.74 Å². The summed E-state index contributed by atoms with van der Waals surface area (Å²) in [6.45, 7) is 1.31. The molecule has 1 aromatic heterocycles. The lowest BCUT2D eigenvalue weighted by atomic mass is 10.2. The lowest BCUT2D eigenvalue weighted by Gasteiger charge is -2.03. The number of rotatable bonds is 4. The average Bonchev–Trinajstić information content (AvgIpc) is 2.78. The summed E-state index contributed by atoms with van der Waals surface area (Å²) in [5.41, 5.74) is 3.71. The van der Waals surface area contributed by atoms with E-state index in [0.717, 1.165) is 0 Å². The molecule has 0 aliphatic carbocycles. The Hall–Kier alpha value is -2.06. The summed E-state index contributed by atoms with van der Waals surface area (Å²) in [5.74, 6) is 0. The summed E-state index contributed by atoms with van der Waals surface area (Å²) in [6.07, 6.45) is 2.15. The number of fused-ring (bicyclic) bond motifs is 1. The summed E-state index contributed by atoms with van der Waals surface area (Å²) in [6, 6.07) is 18.7. The number of benzene rings is 2. The van der Waals surface area contributed by atoms with E-state index >= 15 is 0 Å². The van der Waals surface area contributed by atoms with Crippen LogP contribution in [-0.2, 0) is 25.0 Å². The van der Waals surface area contributed by atoms with Crippen LogP contribution in [0.5, 0.6) is 0 Å². The predicted molar refractivity (Wildman–Crippen MR) is 77.9 cm³/mol. The van der Waals surface area contributed by atoms with Crippen molar-refractivity contribution in [3.8, 4) is 0 Å². The fourth-order valence-corrected chi connectivity index (χ4v) is 2.39. The Morgan fingerprint density at radius 1 is 0.895 bits per heavy atom. The normalized spacial score (nSPS) is 11.0. The minimum Gasteiger partial charge on any atom is -0.372 e. The molecule has 0 amide bonds. The molecule has 0 aliphatic heterocycles. The smallest absolute Gasteiger partial charge is 0.0742 e. The highest BCUT2D eigenvalue weighted by atomic mass is 16.5. The van der Waals surface area contributed by atoms with Crippen LogP contribution in [0.2, 0.25) is 0 Å². The molecule has 96 valence electrons. The van der Waals surface area contributed by atoms with E-state index in [2.05, 4.69) is 54.2 Å². The van der Waals surface area contributed by atoms with Crippen LogP contribution in [0.15, 0.2) is 60.8 Å². The van der Waals surface area contributed by atoms with Crippen LogP contribution in [-0.4, -0.2) is 4.57 Å². The third kappa shape index (κ3) is 2.54. The van der Waals surface area contributed by atoms with Crippen LogP contribution < -0.4 is 0 Å². The molecule has 1 heterocycles. The molecule has 0 saturated heterocycles. The van der Waals surface area contributed by atoms with Crippen molar-refractivity contribution in [3.05, 3.63) is 71.9 Å². The summed E-state index contributed by atoms with van der Waals surface area (Å²) < 4.78 is 7.96. The lowest BCUT2D eigenvalue weighted by molar-refractivity contribution is 0.108. The van der Waals surface area contributed by atoms with E-state index in [1.54, 1.807) is 0 Å². The van der Waals surface area contributed by atoms with Gasteiger partial charge in [-0.1, -0.05) is 48.5 Å². The minimum absolute atomic E-state index is 0.649. The molecule has 0 radical (unpaired) electrons. The third-order valence-electron chi connectivity index (χ3n) is 3.35. The maximum absolute atomic E-state index is 5.81. The Morgan fingerprint density at radius 2 is 1.63 bits per heavy atom. The number of hydrogen-bond acceptors (Lipinski definition) is 1. The van der Waals surface area contributed by atoms with Gasteiger partial charge in [-0.05, 0) is 11.6 Å². The van der Waals surface area contributed by atoms with Crippen molar-refractivity contribution in [2.24, 2.45) is 7.05 Å². The third-order valence-corrected chi connectivity index (χ3v) is 3.35. The van der Waals surface area contributed by atoms with Crippen LogP contribution in [0, 0.1) is 0 Å². The van der Waals surface area contributed by atoms with E-state index in [1.807, 2.05) is 18.2 Å². The monoisotopic (exact) mass is 251 g/mol. The molecule has 0 bridgehead atoms. The van der Waals surface area contributed by atoms with Gasteiger partial charge in [0.15, 0.2) is 0 Å². The molecule has 0 spiro atoms. The van der Waals surface area contributed by atoms with E-state index in [0.29, 0.717) is 13.2 Å². The molecule has 0 saturated carbocycles. The summed E-state index contributed by atoms with van der Waals surface area (Å²) in [5, 5.41) is 1.28. The Morgan fingerprint density at radius 3 is 2.47 bits per heavy atom. The number of hydrogen-bond donors (Lipinski definition) is 0. The standard InChI is InChI=1S/C17H17NO/c1-18-11-15(16-9-5-6-10-17(16)18)13-19-12-14-7-3-2-4-8-14/h2-11H,12-13H2,1H3. The number of nitrogens with zero attached hydrogens (tertiary/aromatic N) is 1. The van der Waals surface area contributed by atoms with Crippen LogP contribution >= 0.6 is 0 Å². The van der Waals surface area contributed by atoms with Crippen molar-refractivity contribution >= 4 is 10.9 Å². The Bertz CT molecular complexity index is 670. The summed E-state index contributed by atoms with van der Waals surface area (Å²) in [7, 11) is 2.07. The Kier molecular flexibility index (Phi) is 3.34. The average molecular weight is 251 g/mol. The number of ether oxygens (including phenoxy) is 1. The van der Waals surface area contributed by atoms with Crippen molar-refractivity contribution in [2.45, 2.75) is 13.2 Å². The van der Waals surface area contributed by atoms with Gasteiger partial charge in [-0.15, -0.1) is 0 Å². The first-order chi connectivity index (χ1) is 9.34. The zero-order valence-corrected chi connectivity index (χ0v) is 11.0. The first-order valence-corrected chi connectivity index (χ1v) is 6.49. The van der Waals surface area contributed by atoms with Crippen LogP contribution in [0.4, 0.5) is 0 Å².